The van der Waals surface area contributed by atoms with Crippen molar-refractivity contribution in [2.75, 3.05) is 19.0 Å². The maximum atomic E-state index is 12.5. The van der Waals surface area contributed by atoms with Crippen molar-refractivity contribution in [2.45, 2.75) is 32.7 Å². The summed E-state index contributed by atoms with van der Waals surface area (Å²) >= 11 is 0. The number of aryl methyl sites for hydroxylation is 1. The van der Waals surface area contributed by atoms with Crippen molar-refractivity contribution in [3.05, 3.63) is 65.4 Å². The molecule has 1 aliphatic heterocycles. The molecule has 154 valence electrons. The zero-order valence-electron chi connectivity index (χ0n) is 17.4. The smallest absolute Gasteiger partial charge is 0.261 e. The second kappa shape index (κ2) is 8.14. The number of fused-ring (bicyclic) bond motifs is 2. The predicted octanol–water partition coefficient (Wildman–Crippen LogP) is 4.43. The topological polar surface area (TPSA) is 71.5 Å². The van der Waals surface area contributed by atoms with Crippen LogP contribution in [-0.2, 0) is 0 Å². The quantitative estimate of drug-likeness (QED) is 0.591. The summed E-state index contributed by atoms with van der Waals surface area (Å²) in [5, 5.41) is 4.57. The van der Waals surface area contributed by atoms with Crippen LogP contribution in [0.4, 0.5) is 5.69 Å². The van der Waals surface area contributed by atoms with Gasteiger partial charge in [0.05, 0.1) is 29.4 Å². The number of rotatable bonds is 7. The maximum Gasteiger partial charge on any atom is 0.261 e. The van der Waals surface area contributed by atoms with E-state index >= 15 is 0 Å². The molecule has 2 heterocycles. The summed E-state index contributed by atoms with van der Waals surface area (Å²) in [6.07, 6.45) is 3.33. The van der Waals surface area contributed by atoms with E-state index in [1.807, 2.05) is 24.4 Å². The van der Waals surface area contributed by atoms with Gasteiger partial charge in [0, 0.05) is 30.2 Å². The van der Waals surface area contributed by atoms with Gasteiger partial charge in [-0.3, -0.25) is 19.5 Å². The van der Waals surface area contributed by atoms with Crippen LogP contribution in [0.5, 0.6) is 5.75 Å². The minimum atomic E-state index is -0.199. The number of hydrogen-bond acceptors (Lipinski definition) is 5. The van der Waals surface area contributed by atoms with Gasteiger partial charge in [0.25, 0.3) is 11.8 Å². The zero-order chi connectivity index (χ0) is 21.3. The summed E-state index contributed by atoms with van der Waals surface area (Å²) in [6.45, 7) is 4.55. The third-order valence-electron chi connectivity index (χ3n) is 5.57. The molecule has 0 aliphatic carbocycles. The Balaban J connectivity index is 1.42. The first-order chi connectivity index (χ1) is 14.5. The molecule has 1 unspecified atom stereocenters. The summed E-state index contributed by atoms with van der Waals surface area (Å²) in [5.74, 6) is 0.378. The van der Waals surface area contributed by atoms with Crippen LogP contribution in [0.2, 0.25) is 0 Å². The molecule has 0 bridgehead atoms. The largest absolute Gasteiger partial charge is 0.497 e. The van der Waals surface area contributed by atoms with Crippen LogP contribution in [0.15, 0.2) is 48.7 Å². The molecule has 0 saturated carbocycles. The van der Waals surface area contributed by atoms with Gasteiger partial charge in [-0.05, 0) is 56.5 Å². The highest BCUT2D eigenvalue weighted by molar-refractivity contribution is 6.21. The first-order valence-corrected chi connectivity index (χ1v) is 10.1. The van der Waals surface area contributed by atoms with E-state index in [-0.39, 0.29) is 17.9 Å². The number of carbonyl (C=O) groups excluding carboxylic acids is 2. The monoisotopic (exact) mass is 403 g/mol. The van der Waals surface area contributed by atoms with E-state index in [0.29, 0.717) is 24.1 Å². The number of amides is 2. The summed E-state index contributed by atoms with van der Waals surface area (Å²) in [6, 6.07) is 13.1. The number of nitrogens with one attached hydrogen (secondary N) is 1. The lowest BCUT2D eigenvalue weighted by Crippen LogP contribution is -2.31. The Hall–Kier alpha value is -3.41. The van der Waals surface area contributed by atoms with Crippen molar-refractivity contribution in [3.8, 4) is 5.75 Å². The van der Waals surface area contributed by atoms with Crippen LogP contribution in [0.25, 0.3) is 10.9 Å². The molecule has 4 rings (SSSR count). The Morgan fingerprint density at radius 3 is 2.47 bits per heavy atom. The van der Waals surface area contributed by atoms with Gasteiger partial charge in [0.15, 0.2) is 0 Å². The van der Waals surface area contributed by atoms with E-state index in [0.717, 1.165) is 34.3 Å². The van der Waals surface area contributed by atoms with Crippen LogP contribution < -0.4 is 10.1 Å². The number of anilines is 1. The third-order valence-corrected chi connectivity index (χ3v) is 5.57. The van der Waals surface area contributed by atoms with Crippen molar-refractivity contribution in [2.24, 2.45) is 0 Å². The maximum absolute atomic E-state index is 12.5. The number of ether oxygens (including phenoxy) is 1. The average molecular weight is 403 g/mol. The lowest BCUT2D eigenvalue weighted by molar-refractivity contribution is 0.0651. The molecular weight excluding hydrogens is 378 g/mol. The van der Waals surface area contributed by atoms with Crippen molar-refractivity contribution < 1.29 is 14.3 Å². The molecule has 1 N–H and O–H groups in total. The van der Waals surface area contributed by atoms with Crippen LogP contribution >= 0.6 is 0 Å². The Labute approximate surface area is 175 Å². The Morgan fingerprint density at radius 2 is 1.80 bits per heavy atom. The normalized spacial score (nSPS) is 14.2. The number of carbonyl (C=O) groups is 2. The zero-order valence-corrected chi connectivity index (χ0v) is 17.4. The molecule has 1 aliphatic rings. The lowest BCUT2D eigenvalue weighted by Gasteiger charge is -2.19. The number of pyridine rings is 1. The molecular formula is C24H25N3O3. The molecule has 6 nitrogen and oxygen atoms in total. The fourth-order valence-corrected chi connectivity index (χ4v) is 3.92. The molecule has 2 aromatic carbocycles. The highest BCUT2D eigenvalue weighted by atomic mass is 16.5. The fourth-order valence-electron chi connectivity index (χ4n) is 3.92. The summed E-state index contributed by atoms with van der Waals surface area (Å²) < 4.78 is 5.45. The van der Waals surface area contributed by atoms with E-state index in [9.17, 15) is 9.59 Å². The molecule has 0 fully saturated rings. The molecule has 0 radical (unpaired) electrons. The van der Waals surface area contributed by atoms with Crippen molar-refractivity contribution in [1.82, 2.24) is 9.88 Å². The number of imide groups is 1. The van der Waals surface area contributed by atoms with Gasteiger partial charge in [-0.15, -0.1) is 0 Å². The standard InChI is InChI=1S/C24H25N3O3/c1-15-10-11-25-22-20(15)13-17(30-3)14-21(22)26-16(2)7-6-12-27-23(28)18-8-4-5-9-19(18)24(27)29/h4-5,8-11,13-14,16,26H,6-7,12H2,1-3H3. The number of aromatic nitrogens is 1. The summed E-state index contributed by atoms with van der Waals surface area (Å²) in [4.78, 5) is 30.9. The van der Waals surface area contributed by atoms with Crippen LogP contribution in [0.1, 0.15) is 46.0 Å². The Morgan fingerprint density at radius 1 is 1.10 bits per heavy atom. The van der Waals surface area contributed by atoms with Crippen LogP contribution in [0.3, 0.4) is 0 Å². The predicted molar refractivity (Wildman–Crippen MR) is 117 cm³/mol. The lowest BCUT2D eigenvalue weighted by atomic mass is 10.1. The van der Waals surface area contributed by atoms with Gasteiger partial charge in [-0.25, -0.2) is 0 Å². The number of hydrogen-bond donors (Lipinski definition) is 1. The fraction of sp³-hybridized carbons (Fsp3) is 0.292. The van der Waals surface area contributed by atoms with Gasteiger partial charge in [-0.1, -0.05) is 12.1 Å². The van der Waals surface area contributed by atoms with E-state index in [1.165, 1.54) is 4.90 Å². The molecule has 0 saturated heterocycles. The molecule has 0 spiro atoms. The number of methoxy groups -OCH3 is 1. The number of benzene rings is 2. The first kappa shape index (κ1) is 19.9. The molecule has 2 amide bonds. The van der Waals surface area contributed by atoms with Crippen LogP contribution in [0, 0.1) is 6.92 Å². The Bertz CT molecular complexity index is 1090. The summed E-state index contributed by atoms with van der Waals surface area (Å²) in [5.41, 5.74) is 3.96. The highest BCUT2D eigenvalue weighted by Crippen LogP contribution is 2.30. The van der Waals surface area contributed by atoms with E-state index < -0.39 is 0 Å². The molecule has 1 atom stereocenters. The second-order valence-electron chi connectivity index (χ2n) is 7.69. The van der Waals surface area contributed by atoms with Crippen molar-refractivity contribution in [3.63, 3.8) is 0 Å². The highest BCUT2D eigenvalue weighted by Gasteiger charge is 2.34. The van der Waals surface area contributed by atoms with Crippen molar-refractivity contribution >= 4 is 28.4 Å². The van der Waals surface area contributed by atoms with Crippen molar-refractivity contribution in [1.29, 1.82) is 0 Å². The molecule has 1 aromatic heterocycles. The van der Waals surface area contributed by atoms with Gasteiger partial charge in [0.2, 0.25) is 0 Å². The number of nitrogens with zero attached hydrogens (tertiary/aromatic N) is 2. The molecule has 3 aromatic rings. The SMILES string of the molecule is COc1cc(NC(C)CCCN2C(=O)c3ccccc3C2=O)c2nccc(C)c2c1. The van der Waals surface area contributed by atoms with E-state index in [2.05, 4.69) is 24.1 Å². The van der Waals surface area contributed by atoms with E-state index in [1.54, 1.807) is 31.4 Å². The van der Waals surface area contributed by atoms with Crippen LogP contribution in [-0.4, -0.2) is 41.4 Å². The molecule has 6 heteroatoms. The van der Waals surface area contributed by atoms with Gasteiger partial charge < -0.3 is 10.1 Å². The van der Waals surface area contributed by atoms with E-state index in [4.69, 9.17) is 4.74 Å². The average Bonchev–Trinajstić information content (AvgIpc) is 2.99. The van der Waals surface area contributed by atoms with Gasteiger partial charge >= 0.3 is 0 Å². The minimum Gasteiger partial charge on any atom is -0.497 e. The first-order valence-electron chi connectivity index (χ1n) is 10.1. The third kappa shape index (κ3) is 3.61. The summed E-state index contributed by atoms with van der Waals surface area (Å²) in [7, 11) is 1.65. The Kier molecular flexibility index (Phi) is 5.40. The van der Waals surface area contributed by atoms with Gasteiger partial charge in [0.1, 0.15) is 5.75 Å². The second-order valence-corrected chi connectivity index (χ2v) is 7.69. The molecule has 30 heavy (non-hydrogen) atoms. The minimum absolute atomic E-state index is 0.137. The van der Waals surface area contributed by atoms with Gasteiger partial charge in [-0.2, -0.15) is 0 Å².